The second-order valence-electron chi connectivity index (χ2n) is 6.67. The van der Waals surface area contributed by atoms with Crippen LogP contribution >= 0.6 is 23.1 Å². The van der Waals surface area contributed by atoms with Gasteiger partial charge in [0.1, 0.15) is 5.92 Å². The number of hydrogen-bond donors (Lipinski definition) is 1. The van der Waals surface area contributed by atoms with Gasteiger partial charge in [-0.05, 0) is 38.6 Å². The molecule has 0 spiro atoms. The van der Waals surface area contributed by atoms with E-state index in [9.17, 15) is 9.59 Å². The molecule has 0 aromatic carbocycles. The Labute approximate surface area is 166 Å². The number of hydrogen-bond acceptors (Lipinski definition) is 7. The molecule has 0 amide bonds. The van der Waals surface area contributed by atoms with Crippen LogP contribution in [-0.2, 0) is 9.53 Å². The van der Waals surface area contributed by atoms with E-state index in [0.717, 1.165) is 17.1 Å². The van der Waals surface area contributed by atoms with Crippen LogP contribution in [-0.4, -0.2) is 33.5 Å². The van der Waals surface area contributed by atoms with Crippen LogP contribution in [0.3, 0.4) is 0 Å². The number of nitrogens with zero attached hydrogens (tertiary/aromatic N) is 2. The first-order chi connectivity index (χ1) is 12.9. The summed E-state index contributed by atoms with van der Waals surface area (Å²) in [7, 11) is 0. The van der Waals surface area contributed by atoms with Crippen LogP contribution in [0.4, 0.5) is 5.82 Å². The molecular weight excluding hydrogens is 382 g/mol. The molecule has 1 aliphatic rings. The van der Waals surface area contributed by atoms with Crippen molar-refractivity contribution in [3.63, 3.8) is 0 Å². The molecule has 0 aliphatic carbocycles. The maximum absolute atomic E-state index is 12.9. The third kappa shape index (κ3) is 4.16. The number of ether oxygens (including phenoxy) is 1. The van der Waals surface area contributed by atoms with Gasteiger partial charge in [0.2, 0.25) is 0 Å². The number of aliphatic imine (C=N–C) groups is 1. The van der Waals surface area contributed by atoms with Crippen molar-refractivity contribution in [2.75, 3.05) is 5.75 Å². The molecule has 0 saturated heterocycles. The van der Waals surface area contributed by atoms with Crippen molar-refractivity contribution in [1.82, 2.24) is 9.97 Å². The fourth-order valence-electron chi connectivity index (χ4n) is 3.11. The number of aromatic nitrogens is 2. The van der Waals surface area contributed by atoms with E-state index in [1.165, 1.54) is 23.1 Å². The van der Waals surface area contributed by atoms with E-state index >= 15 is 0 Å². The van der Waals surface area contributed by atoms with Crippen LogP contribution < -0.4 is 5.56 Å². The normalized spacial score (nSPS) is 18.9. The summed E-state index contributed by atoms with van der Waals surface area (Å²) < 4.78 is 5.47. The Morgan fingerprint density at radius 3 is 2.85 bits per heavy atom. The average molecular weight is 406 g/mol. The molecule has 1 aliphatic heterocycles. The Morgan fingerprint density at radius 1 is 1.44 bits per heavy atom. The lowest BCUT2D eigenvalue weighted by Crippen LogP contribution is -2.37. The second kappa shape index (κ2) is 8.39. The number of rotatable bonds is 6. The van der Waals surface area contributed by atoms with Crippen LogP contribution in [0.15, 0.2) is 32.5 Å². The van der Waals surface area contributed by atoms with E-state index in [0.29, 0.717) is 22.2 Å². The number of nitrogens with one attached hydrogen (secondary N) is 1. The number of aromatic amines is 1. The van der Waals surface area contributed by atoms with Gasteiger partial charge in [0.05, 0.1) is 11.7 Å². The first kappa shape index (κ1) is 19.8. The zero-order valence-electron chi connectivity index (χ0n) is 15.8. The molecule has 3 heterocycles. The molecule has 1 N–H and O–H groups in total. The van der Waals surface area contributed by atoms with E-state index in [1.54, 1.807) is 6.92 Å². The topological polar surface area (TPSA) is 84.4 Å². The molecule has 2 aromatic rings. The maximum Gasteiger partial charge on any atom is 0.315 e. The molecule has 27 heavy (non-hydrogen) atoms. The summed E-state index contributed by atoms with van der Waals surface area (Å²) in [4.78, 5) is 38.6. The molecule has 8 heteroatoms. The van der Waals surface area contributed by atoms with Crippen LogP contribution in [0, 0.1) is 5.92 Å². The Kier molecular flexibility index (Phi) is 6.16. The highest BCUT2D eigenvalue weighted by Gasteiger charge is 2.41. The van der Waals surface area contributed by atoms with Gasteiger partial charge in [-0.15, -0.1) is 11.3 Å². The van der Waals surface area contributed by atoms with Crippen molar-refractivity contribution in [2.45, 2.75) is 51.3 Å². The Balaban J connectivity index is 2.13. The summed E-state index contributed by atoms with van der Waals surface area (Å²) in [6.45, 7) is 7.50. The van der Waals surface area contributed by atoms with E-state index in [-0.39, 0.29) is 17.6 Å². The Bertz CT molecular complexity index is 903. The van der Waals surface area contributed by atoms with E-state index in [4.69, 9.17) is 4.74 Å². The molecule has 2 aromatic heterocycles. The van der Waals surface area contributed by atoms with E-state index in [1.807, 2.05) is 31.4 Å². The van der Waals surface area contributed by atoms with Crippen molar-refractivity contribution in [3.8, 4) is 0 Å². The van der Waals surface area contributed by atoms with Crippen LogP contribution in [0.25, 0.3) is 0 Å². The number of carbonyl (C=O) groups excluding carboxylic acids is 1. The predicted molar refractivity (Wildman–Crippen MR) is 110 cm³/mol. The minimum absolute atomic E-state index is 0.236. The summed E-state index contributed by atoms with van der Waals surface area (Å²) in [5.41, 5.74) is 0.821. The number of fused-ring (bicyclic) bond motifs is 1. The van der Waals surface area contributed by atoms with E-state index < -0.39 is 11.8 Å². The lowest BCUT2D eigenvalue weighted by atomic mass is 9.80. The zero-order valence-corrected chi connectivity index (χ0v) is 17.4. The number of thiophene rings is 1. The second-order valence-corrected chi connectivity index (χ2v) is 8.73. The molecule has 144 valence electrons. The molecule has 0 bridgehead atoms. The van der Waals surface area contributed by atoms with Crippen molar-refractivity contribution in [3.05, 3.63) is 38.3 Å². The molecule has 0 fully saturated rings. The Morgan fingerprint density at radius 2 is 2.22 bits per heavy atom. The summed E-state index contributed by atoms with van der Waals surface area (Å²) in [5.74, 6) is -0.163. The molecule has 0 radical (unpaired) electrons. The lowest BCUT2D eigenvalue weighted by molar-refractivity contribution is -0.150. The number of H-pyrrole nitrogens is 1. The van der Waals surface area contributed by atoms with Crippen molar-refractivity contribution < 1.29 is 9.53 Å². The first-order valence-electron chi connectivity index (χ1n) is 8.98. The van der Waals surface area contributed by atoms with Crippen LogP contribution in [0.5, 0.6) is 0 Å². The molecular formula is C19H23N3O3S2. The monoisotopic (exact) mass is 405 g/mol. The van der Waals surface area contributed by atoms with Gasteiger partial charge in [-0.25, -0.2) is 9.98 Å². The summed E-state index contributed by atoms with van der Waals surface area (Å²) >= 11 is 3.01. The van der Waals surface area contributed by atoms with Crippen molar-refractivity contribution in [2.24, 2.45) is 10.9 Å². The van der Waals surface area contributed by atoms with Crippen molar-refractivity contribution in [1.29, 1.82) is 0 Å². The van der Waals surface area contributed by atoms with Gasteiger partial charge < -0.3 is 9.72 Å². The highest BCUT2D eigenvalue weighted by atomic mass is 32.2. The van der Waals surface area contributed by atoms with Gasteiger partial charge >= 0.3 is 5.97 Å². The zero-order chi connectivity index (χ0) is 19.6. The van der Waals surface area contributed by atoms with Gasteiger partial charge in [-0.3, -0.25) is 9.59 Å². The predicted octanol–water partition coefficient (Wildman–Crippen LogP) is 4.14. The lowest BCUT2D eigenvalue weighted by Gasteiger charge is -2.29. The first-order valence-corrected chi connectivity index (χ1v) is 10.8. The largest absolute Gasteiger partial charge is 0.462 e. The Hall–Kier alpha value is -1.93. The minimum atomic E-state index is -0.629. The maximum atomic E-state index is 12.9. The quantitative estimate of drug-likeness (QED) is 0.444. The van der Waals surface area contributed by atoms with E-state index in [2.05, 4.69) is 21.9 Å². The summed E-state index contributed by atoms with van der Waals surface area (Å²) in [6.07, 6.45) is 0.745. The summed E-state index contributed by atoms with van der Waals surface area (Å²) in [5, 5.41) is 2.50. The van der Waals surface area contributed by atoms with Gasteiger partial charge in [0, 0.05) is 22.3 Å². The SMILES string of the molecule is CCCSc1nc2c(c(=O)[nH]1)C(c1cccs1)C(C(=O)OC(C)C)C(C)=N2. The smallest absolute Gasteiger partial charge is 0.315 e. The standard InChI is InChI=1S/C19H23N3O3S2/c1-5-8-27-19-21-16-15(17(23)22-19)14(12-7-6-9-26-12)13(11(4)20-16)18(24)25-10(2)3/h6-7,9-10,13-14H,5,8H2,1-4H3,(H,21,22,23). The third-order valence-corrected chi connectivity index (χ3v) is 6.22. The van der Waals surface area contributed by atoms with Crippen molar-refractivity contribution >= 4 is 40.6 Å². The highest BCUT2D eigenvalue weighted by Crippen LogP contribution is 2.42. The minimum Gasteiger partial charge on any atom is -0.462 e. The van der Waals surface area contributed by atoms with Crippen LogP contribution in [0.2, 0.25) is 0 Å². The molecule has 2 atom stereocenters. The van der Waals surface area contributed by atoms with Gasteiger partial charge in [-0.1, -0.05) is 24.8 Å². The molecule has 3 rings (SSSR count). The molecule has 6 nitrogen and oxygen atoms in total. The molecule has 2 unspecified atom stereocenters. The highest BCUT2D eigenvalue weighted by molar-refractivity contribution is 7.99. The number of carbonyl (C=O) groups is 1. The van der Waals surface area contributed by atoms with Gasteiger partial charge in [0.25, 0.3) is 5.56 Å². The average Bonchev–Trinajstić information content (AvgIpc) is 3.12. The fourth-order valence-corrected chi connectivity index (χ4v) is 4.70. The third-order valence-electron chi connectivity index (χ3n) is 4.19. The van der Waals surface area contributed by atoms with Gasteiger partial charge in [0.15, 0.2) is 11.0 Å². The van der Waals surface area contributed by atoms with Crippen LogP contribution in [0.1, 0.15) is 50.5 Å². The summed E-state index contributed by atoms with van der Waals surface area (Å²) in [6, 6.07) is 3.85. The van der Waals surface area contributed by atoms with Gasteiger partial charge in [-0.2, -0.15) is 0 Å². The number of thioether (sulfide) groups is 1. The number of esters is 1. The molecule has 0 saturated carbocycles. The fraction of sp³-hybridized carbons (Fsp3) is 0.474.